The van der Waals surface area contributed by atoms with Crippen LogP contribution in [-0.4, -0.2) is 30.8 Å². The first-order valence-electron chi connectivity index (χ1n) is 12.5. The first-order chi connectivity index (χ1) is 19.4. The molecule has 0 atom stereocenters. The molecule has 40 heavy (non-hydrogen) atoms. The number of carbonyl (C=O) groups is 1. The van der Waals surface area contributed by atoms with Crippen LogP contribution in [0.4, 0.5) is 0 Å². The maximum Gasteiger partial charge on any atom is 0.335 e. The van der Waals surface area contributed by atoms with Crippen molar-refractivity contribution in [3.05, 3.63) is 112 Å². The lowest BCUT2D eigenvalue weighted by Gasteiger charge is -2.07. The van der Waals surface area contributed by atoms with Crippen molar-refractivity contribution >= 4 is 39.7 Å². The van der Waals surface area contributed by atoms with Crippen molar-refractivity contribution in [1.29, 1.82) is 0 Å². The fraction of sp³-hybridized carbons (Fsp3) is 0.133. The normalized spacial score (nSPS) is 11.3. The van der Waals surface area contributed by atoms with Crippen LogP contribution in [0.2, 0.25) is 4.34 Å². The van der Waals surface area contributed by atoms with Crippen molar-refractivity contribution in [3.63, 3.8) is 0 Å². The minimum Gasteiger partial charge on any atom is -0.478 e. The summed E-state index contributed by atoms with van der Waals surface area (Å²) in [5.41, 5.74) is 3.94. The van der Waals surface area contributed by atoms with E-state index < -0.39 is 5.97 Å². The molecule has 6 aromatic rings. The molecule has 3 aromatic heterocycles. The average molecular weight is 571 g/mol. The van der Waals surface area contributed by atoms with E-state index >= 15 is 0 Å². The molecule has 0 saturated heterocycles. The molecule has 10 heteroatoms. The Morgan fingerprint density at radius 3 is 2.50 bits per heavy atom. The number of aromatic carboxylic acids is 1. The second-order valence-corrected chi connectivity index (χ2v) is 11.0. The standard InChI is InChI=1S/C30H23ClN4O4S/c1-18-32-28(34-39-18)23-9-8-21-5-4-20(12-24(21)13-23)16-38-17-25-15-35(29(33-25)26-10-11-27(31)40-26)14-19-2-6-22(7-3-19)30(36)37/h2-13,15H,14,16-17H2,1H3,(H,36,37). The number of halogens is 1. The minimum absolute atomic E-state index is 0.253. The summed E-state index contributed by atoms with van der Waals surface area (Å²) >= 11 is 7.66. The predicted octanol–water partition coefficient (Wildman–Crippen LogP) is 7.24. The molecule has 0 amide bonds. The molecule has 0 aliphatic carbocycles. The molecule has 6 rings (SSSR count). The van der Waals surface area contributed by atoms with Crippen molar-refractivity contribution in [2.75, 3.05) is 0 Å². The molecule has 0 saturated carbocycles. The molecule has 0 aliphatic rings. The van der Waals surface area contributed by atoms with E-state index in [-0.39, 0.29) is 5.56 Å². The Bertz CT molecular complexity index is 1820. The number of aryl methyl sites for hydroxylation is 1. The van der Waals surface area contributed by atoms with Crippen LogP contribution in [0.25, 0.3) is 32.9 Å². The second kappa shape index (κ2) is 11.1. The largest absolute Gasteiger partial charge is 0.478 e. The van der Waals surface area contributed by atoms with Gasteiger partial charge in [0.25, 0.3) is 0 Å². The van der Waals surface area contributed by atoms with E-state index in [0.717, 1.165) is 43.9 Å². The summed E-state index contributed by atoms with van der Waals surface area (Å²) in [5, 5.41) is 15.4. The second-order valence-electron chi connectivity index (χ2n) is 9.32. The third-order valence-electron chi connectivity index (χ3n) is 6.38. The zero-order chi connectivity index (χ0) is 27.6. The predicted molar refractivity (Wildman–Crippen MR) is 154 cm³/mol. The Balaban J connectivity index is 1.18. The van der Waals surface area contributed by atoms with Crippen LogP contribution in [0.15, 0.2) is 83.5 Å². The first-order valence-corrected chi connectivity index (χ1v) is 13.7. The zero-order valence-corrected chi connectivity index (χ0v) is 22.9. The van der Waals surface area contributed by atoms with Gasteiger partial charge < -0.3 is 18.9 Å². The molecule has 200 valence electrons. The van der Waals surface area contributed by atoms with Gasteiger partial charge in [0.05, 0.1) is 33.7 Å². The van der Waals surface area contributed by atoms with Crippen molar-refractivity contribution < 1.29 is 19.2 Å². The molecule has 0 bridgehead atoms. The number of ether oxygens (including phenoxy) is 1. The van der Waals surface area contributed by atoms with Crippen molar-refractivity contribution in [3.8, 4) is 22.1 Å². The number of aromatic nitrogens is 4. The lowest BCUT2D eigenvalue weighted by Crippen LogP contribution is -2.02. The van der Waals surface area contributed by atoms with Crippen LogP contribution in [0.1, 0.15) is 33.1 Å². The van der Waals surface area contributed by atoms with Crippen molar-refractivity contribution in [2.24, 2.45) is 0 Å². The zero-order valence-electron chi connectivity index (χ0n) is 21.4. The van der Waals surface area contributed by atoms with Gasteiger partial charge in [0, 0.05) is 25.2 Å². The van der Waals surface area contributed by atoms with Gasteiger partial charge in [-0.05, 0) is 58.3 Å². The van der Waals surface area contributed by atoms with Crippen LogP contribution in [0.3, 0.4) is 0 Å². The number of benzene rings is 3. The molecule has 8 nitrogen and oxygen atoms in total. The number of hydrogen-bond acceptors (Lipinski definition) is 7. The topological polar surface area (TPSA) is 103 Å². The number of thiophene rings is 1. The van der Waals surface area contributed by atoms with E-state index in [0.29, 0.717) is 35.8 Å². The highest BCUT2D eigenvalue weighted by Crippen LogP contribution is 2.31. The summed E-state index contributed by atoms with van der Waals surface area (Å²) in [4.78, 5) is 21.3. The van der Waals surface area contributed by atoms with Gasteiger partial charge in [0.2, 0.25) is 11.7 Å². The molecule has 1 N–H and O–H groups in total. The fourth-order valence-corrected chi connectivity index (χ4v) is 5.50. The van der Waals surface area contributed by atoms with E-state index in [1.807, 2.05) is 53.2 Å². The maximum atomic E-state index is 11.2. The van der Waals surface area contributed by atoms with Crippen LogP contribution in [-0.2, 0) is 24.5 Å². The number of imidazole rings is 1. The number of carboxylic acids is 1. The molecular formula is C30H23ClN4O4S. The van der Waals surface area contributed by atoms with Crippen LogP contribution < -0.4 is 0 Å². The van der Waals surface area contributed by atoms with E-state index in [9.17, 15) is 9.90 Å². The van der Waals surface area contributed by atoms with E-state index in [4.69, 9.17) is 25.8 Å². The van der Waals surface area contributed by atoms with Crippen molar-refractivity contribution in [2.45, 2.75) is 26.7 Å². The molecule has 0 spiro atoms. The smallest absolute Gasteiger partial charge is 0.335 e. The third kappa shape index (κ3) is 5.67. The van der Waals surface area contributed by atoms with Crippen LogP contribution in [0.5, 0.6) is 0 Å². The monoisotopic (exact) mass is 570 g/mol. The van der Waals surface area contributed by atoms with Crippen molar-refractivity contribution in [1.82, 2.24) is 19.7 Å². The SMILES string of the molecule is Cc1nc(-c2ccc3ccc(COCc4cn(Cc5ccc(C(=O)O)cc5)c(-c5ccc(Cl)s5)n4)cc3c2)no1. The summed E-state index contributed by atoms with van der Waals surface area (Å²) in [5.74, 6) is 0.933. The number of fused-ring (bicyclic) bond motifs is 1. The number of hydrogen-bond donors (Lipinski definition) is 1. The molecule has 3 heterocycles. The first kappa shape index (κ1) is 25.9. The summed E-state index contributed by atoms with van der Waals surface area (Å²) < 4.78 is 13.9. The van der Waals surface area contributed by atoms with Crippen LogP contribution in [0, 0.1) is 6.92 Å². The third-order valence-corrected chi connectivity index (χ3v) is 7.61. The van der Waals surface area contributed by atoms with Gasteiger partial charge in [0.1, 0.15) is 0 Å². The Hall–Kier alpha value is -4.31. The average Bonchev–Trinajstić information content (AvgIpc) is 3.68. The Labute approximate surface area is 238 Å². The van der Waals surface area contributed by atoms with Gasteiger partial charge in [0.15, 0.2) is 5.82 Å². The maximum absolute atomic E-state index is 11.2. The van der Waals surface area contributed by atoms with Gasteiger partial charge in [-0.15, -0.1) is 11.3 Å². The van der Waals surface area contributed by atoms with Gasteiger partial charge >= 0.3 is 5.97 Å². The van der Waals surface area contributed by atoms with Gasteiger partial charge in [-0.25, -0.2) is 9.78 Å². The molecule has 0 unspecified atom stereocenters. The van der Waals surface area contributed by atoms with E-state index in [1.54, 1.807) is 19.1 Å². The Morgan fingerprint density at radius 1 is 0.975 bits per heavy atom. The molecular weight excluding hydrogens is 548 g/mol. The number of carboxylic acid groups (broad SMARTS) is 1. The lowest BCUT2D eigenvalue weighted by molar-refractivity contribution is 0.0697. The summed E-state index contributed by atoms with van der Waals surface area (Å²) in [6.07, 6.45) is 1.97. The minimum atomic E-state index is -0.948. The molecule has 0 radical (unpaired) electrons. The summed E-state index contributed by atoms with van der Waals surface area (Å²) in [6, 6.07) is 22.9. The lowest BCUT2D eigenvalue weighted by atomic mass is 10.0. The highest BCUT2D eigenvalue weighted by atomic mass is 35.5. The quantitative estimate of drug-likeness (QED) is 0.195. The van der Waals surface area contributed by atoms with E-state index in [1.165, 1.54) is 11.3 Å². The van der Waals surface area contributed by atoms with Gasteiger partial charge in [-0.2, -0.15) is 4.98 Å². The van der Waals surface area contributed by atoms with E-state index in [2.05, 4.69) is 28.3 Å². The molecule has 0 aliphatic heterocycles. The fourth-order valence-electron chi connectivity index (χ4n) is 4.46. The molecule has 0 fully saturated rings. The summed E-state index contributed by atoms with van der Waals surface area (Å²) in [6.45, 7) is 3.06. The Kier molecular flexibility index (Phi) is 7.17. The number of nitrogens with zero attached hydrogens (tertiary/aromatic N) is 4. The van der Waals surface area contributed by atoms with Gasteiger partial charge in [-0.1, -0.05) is 53.2 Å². The highest BCUT2D eigenvalue weighted by molar-refractivity contribution is 7.19. The highest BCUT2D eigenvalue weighted by Gasteiger charge is 2.14. The summed E-state index contributed by atoms with van der Waals surface area (Å²) in [7, 11) is 0. The molecule has 3 aromatic carbocycles. The van der Waals surface area contributed by atoms with Crippen LogP contribution >= 0.6 is 22.9 Å². The van der Waals surface area contributed by atoms with Gasteiger partial charge in [-0.3, -0.25) is 0 Å². The number of rotatable bonds is 9. The Morgan fingerprint density at radius 2 is 1.77 bits per heavy atom.